The van der Waals surface area contributed by atoms with Crippen LogP contribution in [0.5, 0.6) is 23.0 Å². The van der Waals surface area contributed by atoms with Crippen LogP contribution in [-0.2, 0) is 28.0 Å². The lowest BCUT2D eigenvalue weighted by atomic mass is 9.98. The molecule has 10 nitrogen and oxygen atoms in total. The summed E-state index contributed by atoms with van der Waals surface area (Å²) in [6.45, 7) is 21.6. The third kappa shape index (κ3) is 17.7. The van der Waals surface area contributed by atoms with Gasteiger partial charge in [0.1, 0.15) is 23.0 Å². The zero-order valence-electron chi connectivity index (χ0n) is 38.4. The van der Waals surface area contributed by atoms with E-state index in [1.54, 1.807) is 0 Å². The van der Waals surface area contributed by atoms with Crippen LogP contribution in [0.3, 0.4) is 0 Å². The molecule has 4 unspecified atom stereocenters. The van der Waals surface area contributed by atoms with Crippen molar-refractivity contribution in [1.82, 2.24) is 0 Å². The minimum Gasteiger partial charge on any atom is -0.417 e. The highest BCUT2D eigenvalue weighted by atomic mass is 31.2. The molecule has 0 bridgehead atoms. The Morgan fingerprint density at radius 2 is 0.532 bits per heavy atom. The molecule has 0 aromatic heterocycles. The van der Waals surface area contributed by atoms with E-state index in [1.165, 1.54) is 0 Å². The summed E-state index contributed by atoms with van der Waals surface area (Å²) in [5.41, 5.74) is 4.56. The highest BCUT2D eigenvalue weighted by Gasteiger charge is 2.24. The molecular weight excluding hydrogens is 822 g/mol. The first-order chi connectivity index (χ1) is 30.3. The van der Waals surface area contributed by atoms with E-state index >= 15 is 0 Å². The first kappa shape index (κ1) is 51.3. The van der Waals surface area contributed by atoms with Crippen molar-refractivity contribution >= 4 is 17.2 Å². The number of hydrogen-bond acceptors (Lipinski definition) is 10. The van der Waals surface area contributed by atoms with Gasteiger partial charge in [0, 0.05) is 0 Å². The number of hydrogen-bond donors (Lipinski definition) is 0. The Bertz CT molecular complexity index is 1560. The third-order valence-electron chi connectivity index (χ3n) is 10.9. The standard InChI is InChI=1S/C50H72O10P2/c1-9-39(5)43-21-13-17-25-47(43)57-61(58-48-26-18-14-22-44(48)40(6)10-2)55-37-35-53-33-31-51-29-30-52-32-34-54-36-38-56-62(59-49-27-19-15-23-45(49)41(7)11-3)60-50-28-20-16-24-46(50)42(8)12-4/h13-28,39-42H,9-12,29-38H2,1-8H3. The van der Waals surface area contributed by atoms with E-state index in [-0.39, 0.29) is 0 Å². The van der Waals surface area contributed by atoms with Gasteiger partial charge in [-0.05, 0) is 95.9 Å². The Hall–Kier alpha value is -3.30. The second kappa shape index (κ2) is 29.9. The Balaban J connectivity index is 1.12. The summed E-state index contributed by atoms with van der Waals surface area (Å²) < 4.78 is 61.2. The molecule has 0 spiro atoms. The minimum absolute atomic E-state index is 0.316. The van der Waals surface area contributed by atoms with Crippen molar-refractivity contribution in [2.45, 2.75) is 105 Å². The van der Waals surface area contributed by atoms with Crippen molar-refractivity contribution in [1.29, 1.82) is 0 Å². The molecule has 62 heavy (non-hydrogen) atoms. The smallest absolute Gasteiger partial charge is 0.417 e. The number of ether oxygens (including phenoxy) is 4. The highest BCUT2D eigenvalue weighted by Crippen LogP contribution is 2.47. The van der Waals surface area contributed by atoms with Crippen molar-refractivity contribution in [2.75, 3.05) is 66.1 Å². The Labute approximate surface area is 375 Å². The van der Waals surface area contributed by atoms with Gasteiger partial charge < -0.3 is 37.0 Å². The molecule has 0 aliphatic heterocycles. The molecule has 0 aliphatic carbocycles. The maximum absolute atomic E-state index is 6.44. The normalized spacial score (nSPS) is 14.4. The van der Waals surface area contributed by atoms with Gasteiger partial charge in [-0.15, -0.1) is 0 Å². The minimum atomic E-state index is -1.73. The highest BCUT2D eigenvalue weighted by molar-refractivity contribution is 7.42. The largest absolute Gasteiger partial charge is 0.463 e. The third-order valence-corrected chi connectivity index (χ3v) is 13.1. The fourth-order valence-electron chi connectivity index (χ4n) is 6.33. The molecule has 342 valence electrons. The van der Waals surface area contributed by atoms with E-state index in [0.717, 1.165) is 70.9 Å². The molecular formula is C50H72O10P2. The Morgan fingerprint density at radius 3 is 0.758 bits per heavy atom. The summed E-state index contributed by atoms with van der Waals surface area (Å²) in [6, 6.07) is 32.5. The molecule has 0 radical (unpaired) electrons. The molecule has 4 rings (SSSR count). The van der Waals surface area contributed by atoms with E-state index in [1.807, 2.05) is 72.8 Å². The lowest BCUT2D eigenvalue weighted by molar-refractivity contribution is -0.00738. The van der Waals surface area contributed by atoms with Crippen LogP contribution in [0.4, 0.5) is 0 Å². The van der Waals surface area contributed by atoms with Gasteiger partial charge in [0.2, 0.25) is 0 Å². The van der Waals surface area contributed by atoms with Gasteiger partial charge in [0.05, 0.1) is 66.1 Å². The zero-order chi connectivity index (χ0) is 44.4. The number of rotatable bonds is 33. The maximum atomic E-state index is 6.44. The quantitative estimate of drug-likeness (QED) is 0.0340. The molecule has 4 aromatic carbocycles. The fraction of sp³-hybridized carbons (Fsp3) is 0.520. The van der Waals surface area contributed by atoms with Gasteiger partial charge in [-0.3, -0.25) is 9.05 Å². The van der Waals surface area contributed by atoms with Crippen molar-refractivity contribution in [3.05, 3.63) is 119 Å². The maximum Gasteiger partial charge on any atom is 0.463 e. The van der Waals surface area contributed by atoms with E-state index < -0.39 is 17.2 Å². The molecule has 0 heterocycles. The lowest BCUT2D eigenvalue weighted by Crippen LogP contribution is -2.14. The van der Waals surface area contributed by atoms with E-state index in [0.29, 0.717) is 89.7 Å². The molecule has 0 amide bonds. The summed E-state index contributed by atoms with van der Waals surface area (Å²) in [5.74, 6) is 4.51. The average Bonchev–Trinajstić information content (AvgIpc) is 3.30. The first-order valence-electron chi connectivity index (χ1n) is 22.5. The zero-order valence-corrected chi connectivity index (χ0v) is 40.2. The van der Waals surface area contributed by atoms with Crippen molar-refractivity contribution in [2.24, 2.45) is 0 Å². The van der Waals surface area contributed by atoms with Gasteiger partial charge in [0.25, 0.3) is 0 Å². The van der Waals surface area contributed by atoms with Crippen LogP contribution in [0.15, 0.2) is 97.1 Å². The van der Waals surface area contributed by atoms with Gasteiger partial charge in [0.15, 0.2) is 0 Å². The van der Waals surface area contributed by atoms with Gasteiger partial charge >= 0.3 is 17.2 Å². The van der Waals surface area contributed by atoms with Crippen LogP contribution in [0, 0.1) is 0 Å². The van der Waals surface area contributed by atoms with Crippen LogP contribution in [0.1, 0.15) is 127 Å². The summed E-state index contributed by atoms with van der Waals surface area (Å²) in [5, 5.41) is 0. The van der Waals surface area contributed by atoms with Crippen LogP contribution >= 0.6 is 17.2 Å². The molecule has 0 saturated heterocycles. The molecule has 12 heteroatoms. The summed E-state index contributed by atoms with van der Waals surface area (Å²) in [4.78, 5) is 0. The predicted octanol–water partition coefficient (Wildman–Crippen LogP) is 13.9. The second-order valence-corrected chi connectivity index (χ2v) is 17.5. The average molecular weight is 895 g/mol. The van der Waals surface area contributed by atoms with Crippen LogP contribution < -0.4 is 18.1 Å². The Morgan fingerprint density at radius 1 is 0.323 bits per heavy atom. The molecule has 0 saturated carbocycles. The molecule has 0 N–H and O–H groups in total. The first-order valence-corrected chi connectivity index (χ1v) is 24.7. The molecule has 4 atom stereocenters. The van der Waals surface area contributed by atoms with Gasteiger partial charge in [-0.2, -0.15) is 0 Å². The molecule has 0 fully saturated rings. The SMILES string of the molecule is CCC(C)c1ccccc1OP(OCCOCCOCCOCCOCCOP(Oc1ccccc1C(C)CC)Oc1ccccc1C(C)CC)Oc1ccccc1C(C)CC. The summed E-state index contributed by atoms with van der Waals surface area (Å²) in [6.07, 6.45) is 4.01. The van der Waals surface area contributed by atoms with E-state index in [2.05, 4.69) is 79.7 Å². The van der Waals surface area contributed by atoms with Crippen molar-refractivity contribution in [3.63, 3.8) is 0 Å². The molecule has 0 aliphatic rings. The monoisotopic (exact) mass is 894 g/mol. The Kier molecular flexibility index (Phi) is 24.8. The van der Waals surface area contributed by atoms with E-state index in [9.17, 15) is 0 Å². The van der Waals surface area contributed by atoms with Crippen molar-refractivity contribution in [3.8, 4) is 23.0 Å². The summed E-state index contributed by atoms with van der Waals surface area (Å²) >= 11 is 0. The van der Waals surface area contributed by atoms with Crippen LogP contribution in [-0.4, -0.2) is 66.1 Å². The van der Waals surface area contributed by atoms with Crippen LogP contribution in [0.25, 0.3) is 0 Å². The van der Waals surface area contributed by atoms with Gasteiger partial charge in [-0.1, -0.05) is 128 Å². The van der Waals surface area contributed by atoms with Crippen LogP contribution in [0.2, 0.25) is 0 Å². The molecule has 4 aromatic rings. The topological polar surface area (TPSA) is 92.3 Å². The predicted molar refractivity (Wildman–Crippen MR) is 252 cm³/mol. The summed E-state index contributed by atoms with van der Waals surface area (Å²) in [7, 11) is -3.47. The van der Waals surface area contributed by atoms with E-state index in [4.69, 9.17) is 46.1 Å². The lowest BCUT2D eigenvalue weighted by Gasteiger charge is -2.23. The number of benzene rings is 4. The van der Waals surface area contributed by atoms with Gasteiger partial charge in [-0.25, -0.2) is 0 Å². The number of para-hydroxylation sites is 4. The second-order valence-electron chi connectivity index (χ2n) is 15.3. The van der Waals surface area contributed by atoms with Crippen molar-refractivity contribution < 1.29 is 46.1 Å². The fourth-order valence-corrected chi connectivity index (χ4v) is 8.37.